The highest BCUT2D eigenvalue weighted by Crippen LogP contribution is 2.30. The van der Waals surface area contributed by atoms with E-state index in [0.29, 0.717) is 0 Å². The van der Waals surface area contributed by atoms with Gasteiger partial charge in [-0.3, -0.25) is 9.59 Å². The fraction of sp³-hybridized carbons (Fsp3) is 0.471. The predicted octanol–water partition coefficient (Wildman–Crippen LogP) is 1.60. The first-order chi connectivity index (χ1) is 12.5. The number of ether oxygens (including phenoxy) is 2. The minimum atomic E-state index is -4.55. The summed E-state index contributed by atoms with van der Waals surface area (Å²) >= 11 is 0. The number of esters is 2. The molecule has 0 saturated carbocycles. The zero-order valence-electron chi connectivity index (χ0n) is 14.9. The fourth-order valence-electron chi connectivity index (χ4n) is 2.26. The highest BCUT2D eigenvalue weighted by Gasteiger charge is 2.33. The lowest BCUT2D eigenvalue weighted by molar-refractivity contribution is -0.149. The Morgan fingerprint density at radius 1 is 1.11 bits per heavy atom. The summed E-state index contributed by atoms with van der Waals surface area (Å²) in [5.41, 5.74) is -1.03. The number of rotatable bonds is 7. The number of aliphatic hydroxyl groups excluding tert-OH is 1. The molecular formula is C17H20F3NO6. The van der Waals surface area contributed by atoms with E-state index in [2.05, 4.69) is 14.8 Å². The molecule has 0 saturated heterocycles. The van der Waals surface area contributed by atoms with Gasteiger partial charge in [-0.2, -0.15) is 13.2 Å². The van der Waals surface area contributed by atoms with Crippen molar-refractivity contribution in [2.45, 2.75) is 31.7 Å². The number of aliphatic hydroxyl groups is 1. The Balaban J connectivity index is 2.90. The number of amides is 1. The quantitative estimate of drug-likeness (QED) is 0.685. The zero-order valence-corrected chi connectivity index (χ0v) is 14.9. The summed E-state index contributed by atoms with van der Waals surface area (Å²) in [4.78, 5) is 35.4. The summed E-state index contributed by atoms with van der Waals surface area (Å²) < 4.78 is 46.8. The lowest BCUT2D eigenvalue weighted by Crippen LogP contribution is -2.48. The van der Waals surface area contributed by atoms with Crippen LogP contribution in [0.3, 0.4) is 0 Å². The van der Waals surface area contributed by atoms with Gasteiger partial charge in [0.15, 0.2) is 6.10 Å². The smallest absolute Gasteiger partial charge is 0.416 e. The van der Waals surface area contributed by atoms with Crippen molar-refractivity contribution in [2.75, 3.05) is 14.2 Å². The molecule has 0 heterocycles. The molecule has 0 radical (unpaired) electrons. The molecule has 0 fully saturated rings. The van der Waals surface area contributed by atoms with Gasteiger partial charge in [0.1, 0.15) is 6.04 Å². The predicted molar refractivity (Wildman–Crippen MR) is 86.1 cm³/mol. The molecule has 1 rings (SSSR count). The zero-order chi connectivity index (χ0) is 20.8. The van der Waals surface area contributed by atoms with E-state index in [-0.39, 0.29) is 12.0 Å². The van der Waals surface area contributed by atoms with Crippen molar-refractivity contribution in [3.63, 3.8) is 0 Å². The molecular weight excluding hydrogens is 371 g/mol. The fourth-order valence-corrected chi connectivity index (χ4v) is 2.26. The highest BCUT2D eigenvalue weighted by atomic mass is 19.4. The number of hydrogen-bond acceptors (Lipinski definition) is 6. The Bertz CT molecular complexity index is 674. The van der Waals surface area contributed by atoms with E-state index < -0.39 is 47.6 Å². The third kappa shape index (κ3) is 6.24. The molecule has 1 amide bonds. The Kier molecular flexibility index (Phi) is 7.77. The number of benzene rings is 1. The molecule has 7 nitrogen and oxygen atoms in total. The molecule has 0 aromatic heterocycles. The van der Waals surface area contributed by atoms with Crippen molar-refractivity contribution in [3.8, 4) is 0 Å². The van der Waals surface area contributed by atoms with Gasteiger partial charge >= 0.3 is 18.1 Å². The molecule has 1 aromatic carbocycles. The summed E-state index contributed by atoms with van der Waals surface area (Å²) in [5.74, 6) is -3.20. The first kappa shape index (κ1) is 22.4. The van der Waals surface area contributed by atoms with E-state index in [1.54, 1.807) is 0 Å². The lowest BCUT2D eigenvalue weighted by Gasteiger charge is -2.23. The summed E-state index contributed by atoms with van der Waals surface area (Å²) in [6, 6.07) is 2.11. The monoisotopic (exact) mass is 391 g/mol. The summed E-state index contributed by atoms with van der Waals surface area (Å²) in [6.45, 7) is 1.49. The summed E-state index contributed by atoms with van der Waals surface area (Å²) in [5, 5.41) is 12.3. The lowest BCUT2D eigenvalue weighted by atomic mass is 9.97. The molecule has 1 aromatic rings. The molecule has 27 heavy (non-hydrogen) atoms. The average Bonchev–Trinajstić information content (AvgIpc) is 2.63. The molecule has 0 aliphatic rings. The summed E-state index contributed by atoms with van der Waals surface area (Å²) in [6.07, 6.45) is -6.57. The van der Waals surface area contributed by atoms with E-state index in [1.165, 1.54) is 6.92 Å². The first-order valence-corrected chi connectivity index (χ1v) is 7.81. The second-order valence-electron chi connectivity index (χ2n) is 5.79. The minimum Gasteiger partial charge on any atom is -0.469 e. The van der Waals surface area contributed by atoms with Crippen molar-refractivity contribution < 1.29 is 42.1 Å². The summed E-state index contributed by atoms with van der Waals surface area (Å²) in [7, 11) is 2.24. The molecule has 3 atom stereocenters. The van der Waals surface area contributed by atoms with Gasteiger partial charge in [-0.1, -0.05) is 19.1 Å². The molecule has 0 unspecified atom stereocenters. The number of alkyl halides is 3. The van der Waals surface area contributed by atoms with Gasteiger partial charge in [0.2, 0.25) is 0 Å². The number of carbonyl (C=O) groups is 3. The van der Waals surface area contributed by atoms with Gasteiger partial charge in [0.05, 0.1) is 26.2 Å². The third-order valence-corrected chi connectivity index (χ3v) is 3.84. The third-order valence-electron chi connectivity index (χ3n) is 3.84. The van der Waals surface area contributed by atoms with Gasteiger partial charge in [-0.05, 0) is 23.6 Å². The molecule has 0 aliphatic carbocycles. The van der Waals surface area contributed by atoms with E-state index in [0.717, 1.165) is 38.5 Å². The van der Waals surface area contributed by atoms with Crippen LogP contribution in [-0.4, -0.2) is 43.2 Å². The minimum absolute atomic E-state index is 0.0928. The average molecular weight is 391 g/mol. The Morgan fingerprint density at radius 3 is 2.11 bits per heavy atom. The number of methoxy groups -OCH3 is 2. The van der Waals surface area contributed by atoms with Gasteiger partial charge in [0.25, 0.3) is 5.91 Å². The van der Waals surface area contributed by atoms with E-state index in [1.807, 2.05) is 0 Å². The molecule has 10 heteroatoms. The normalized spacial score (nSPS) is 14.6. The maximum Gasteiger partial charge on any atom is 0.416 e. The van der Waals surface area contributed by atoms with Crippen LogP contribution in [0.4, 0.5) is 13.2 Å². The number of carbonyl (C=O) groups excluding carboxylic acids is 3. The Labute approximate surface area is 153 Å². The van der Waals surface area contributed by atoms with E-state index >= 15 is 0 Å². The van der Waals surface area contributed by atoms with Gasteiger partial charge in [0, 0.05) is 0 Å². The van der Waals surface area contributed by atoms with Gasteiger partial charge in [-0.15, -0.1) is 0 Å². The number of hydrogen-bond donors (Lipinski definition) is 2. The van der Waals surface area contributed by atoms with Crippen LogP contribution in [0.15, 0.2) is 24.3 Å². The standard InChI is InChI=1S/C17H20F3NO6/c1-9(8-12(22)26-2)13(16(25)27-3)21-15(24)14(23)10-4-6-11(7-5-10)17(18,19)20/h4-7,9,13-14,23H,8H2,1-3H3,(H,21,24)/t9-,13+,14+/m0/s1. The van der Waals surface area contributed by atoms with E-state index in [4.69, 9.17) is 0 Å². The molecule has 2 N–H and O–H groups in total. The topological polar surface area (TPSA) is 102 Å². The first-order valence-electron chi connectivity index (χ1n) is 7.81. The molecule has 150 valence electrons. The van der Waals surface area contributed by atoms with Gasteiger partial charge < -0.3 is 19.9 Å². The molecule has 0 bridgehead atoms. The van der Waals surface area contributed by atoms with Crippen LogP contribution in [-0.2, 0) is 30.0 Å². The van der Waals surface area contributed by atoms with Crippen molar-refractivity contribution in [3.05, 3.63) is 35.4 Å². The Hall–Kier alpha value is -2.62. The van der Waals surface area contributed by atoms with Crippen molar-refractivity contribution in [1.29, 1.82) is 0 Å². The van der Waals surface area contributed by atoms with Crippen LogP contribution in [0.2, 0.25) is 0 Å². The maximum absolute atomic E-state index is 12.6. The SMILES string of the molecule is COC(=O)C[C@H](C)[C@@H](NC(=O)[C@H](O)c1ccc(C(F)(F)F)cc1)C(=O)OC. The van der Waals surface area contributed by atoms with Crippen molar-refractivity contribution >= 4 is 17.8 Å². The van der Waals surface area contributed by atoms with Crippen LogP contribution < -0.4 is 5.32 Å². The molecule has 0 aliphatic heterocycles. The van der Waals surface area contributed by atoms with Crippen molar-refractivity contribution in [2.24, 2.45) is 5.92 Å². The van der Waals surface area contributed by atoms with Crippen molar-refractivity contribution in [1.82, 2.24) is 5.32 Å². The van der Waals surface area contributed by atoms with Crippen LogP contribution in [0.5, 0.6) is 0 Å². The Morgan fingerprint density at radius 2 is 1.67 bits per heavy atom. The largest absolute Gasteiger partial charge is 0.469 e. The second-order valence-corrected chi connectivity index (χ2v) is 5.79. The number of halogens is 3. The van der Waals surface area contributed by atoms with Crippen LogP contribution in [0.1, 0.15) is 30.6 Å². The highest BCUT2D eigenvalue weighted by molar-refractivity contribution is 5.88. The number of nitrogens with one attached hydrogen (secondary N) is 1. The van der Waals surface area contributed by atoms with E-state index in [9.17, 15) is 32.7 Å². The second kappa shape index (κ2) is 9.36. The molecule has 0 spiro atoms. The van der Waals surface area contributed by atoms with Crippen LogP contribution >= 0.6 is 0 Å². The van der Waals surface area contributed by atoms with Crippen LogP contribution in [0.25, 0.3) is 0 Å². The maximum atomic E-state index is 12.6. The van der Waals surface area contributed by atoms with Crippen LogP contribution in [0, 0.1) is 5.92 Å². The van der Waals surface area contributed by atoms with Gasteiger partial charge in [-0.25, -0.2) is 4.79 Å².